The molecule has 0 bridgehead atoms. The number of fused-ring (bicyclic) bond motifs is 5. The van der Waals surface area contributed by atoms with E-state index in [4.69, 9.17) is 4.18 Å². The number of hydrogen-bond acceptors (Lipinski definition) is 10. The van der Waals surface area contributed by atoms with Crippen molar-refractivity contribution in [2.45, 2.75) is 104 Å². The first kappa shape index (κ1) is 38.6. The number of aliphatic hydroxyl groups excluding tert-OH is 2. The van der Waals surface area contributed by atoms with E-state index in [1.54, 1.807) is 0 Å². The molecule has 0 aromatic rings. The fourth-order valence-electron chi connectivity index (χ4n) is 9.21. The van der Waals surface area contributed by atoms with E-state index < -0.39 is 44.5 Å². The van der Waals surface area contributed by atoms with Crippen LogP contribution in [0.3, 0.4) is 0 Å². The van der Waals surface area contributed by atoms with E-state index in [1.165, 1.54) is 0 Å². The van der Waals surface area contributed by atoms with Crippen molar-refractivity contribution in [1.82, 2.24) is 0 Å². The van der Waals surface area contributed by atoms with Gasteiger partial charge in [-0.1, -0.05) is 46.6 Å². The number of rotatable bonds is 10. The van der Waals surface area contributed by atoms with Crippen LogP contribution in [-0.4, -0.2) is 61.1 Å². The van der Waals surface area contributed by atoms with E-state index in [-0.39, 0.29) is 101 Å². The molecule has 0 aliphatic heterocycles. The molecule has 0 saturated heterocycles. The molecule has 10 atom stereocenters. The molecular formula is C27H44Na2O10S2. The molecule has 0 heterocycles. The van der Waals surface area contributed by atoms with Crippen LogP contribution in [0.2, 0.25) is 0 Å². The maximum atomic E-state index is 11.3. The molecule has 4 aliphatic carbocycles. The Labute approximate surface area is 290 Å². The summed E-state index contributed by atoms with van der Waals surface area (Å²) in [5.41, 5.74) is 0.0149. The van der Waals surface area contributed by atoms with Crippen LogP contribution < -0.4 is 59.1 Å². The monoisotopic (exact) mass is 638 g/mol. The Bertz CT molecular complexity index is 1150. The van der Waals surface area contributed by atoms with Crippen molar-refractivity contribution >= 4 is 20.8 Å². The SMILES string of the molecule is CC(C)CCC[C@@H](COS(=O)(=O)[O-])[C@H]1CCC2C3CC=C4[C@H](O)[C@H](OS(=O)(=O)[O-])[C@H](O)C[C@]4(C)C3CC[C@@]21C.[Na+].[Na+]. The molecule has 0 aromatic heterocycles. The van der Waals surface area contributed by atoms with Gasteiger partial charge in [0, 0.05) is 0 Å². The molecule has 0 spiro atoms. The second kappa shape index (κ2) is 14.4. The molecule has 0 amide bonds. The quantitative estimate of drug-likeness (QED) is 0.111. The predicted octanol–water partition coefficient (Wildman–Crippen LogP) is -2.72. The number of hydrogen-bond donors (Lipinski definition) is 2. The van der Waals surface area contributed by atoms with Gasteiger partial charge in [0.05, 0.1) is 12.7 Å². The third-order valence-corrected chi connectivity index (χ3v) is 11.7. The summed E-state index contributed by atoms with van der Waals surface area (Å²) in [6.45, 7) is 8.53. The zero-order valence-corrected chi connectivity index (χ0v) is 31.0. The fraction of sp³-hybridized carbons (Fsp3) is 0.926. The average molecular weight is 639 g/mol. The molecule has 3 fully saturated rings. The van der Waals surface area contributed by atoms with Crippen molar-refractivity contribution in [3.63, 3.8) is 0 Å². The molecule has 4 aliphatic rings. The Hall–Kier alpha value is 1.40. The van der Waals surface area contributed by atoms with E-state index in [1.807, 2.05) is 13.0 Å². The Morgan fingerprint density at radius 2 is 1.66 bits per heavy atom. The van der Waals surface area contributed by atoms with Crippen LogP contribution in [0.1, 0.15) is 85.5 Å². The van der Waals surface area contributed by atoms with Crippen LogP contribution in [0, 0.1) is 46.3 Å². The minimum Gasteiger partial charge on any atom is -0.726 e. The van der Waals surface area contributed by atoms with Crippen molar-refractivity contribution in [3.05, 3.63) is 11.6 Å². The van der Waals surface area contributed by atoms with Crippen molar-refractivity contribution in [2.24, 2.45) is 46.3 Å². The van der Waals surface area contributed by atoms with Crippen molar-refractivity contribution in [1.29, 1.82) is 0 Å². The molecule has 3 saturated carbocycles. The molecule has 4 rings (SSSR count). The molecule has 10 nitrogen and oxygen atoms in total. The number of aliphatic hydroxyl groups is 2. The maximum Gasteiger partial charge on any atom is 1.00 e. The van der Waals surface area contributed by atoms with Gasteiger partial charge >= 0.3 is 59.1 Å². The van der Waals surface area contributed by atoms with E-state index in [0.717, 1.165) is 44.9 Å². The molecule has 0 aromatic carbocycles. The molecule has 2 N–H and O–H groups in total. The van der Waals surface area contributed by atoms with E-state index in [9.17, 15) is 36.2 Å². The van der Waals surface area contributed by atoms with Gasteiger partial charge in [0.25, 0.3) is 0 Å². The Morgan fingerprint density at radius 3 is 2.24 bits per heavy atom. The van der Waals surface area contributed by atoms with Crippen LogP contribution in [0.25, 0.3) is 0 Å². The zero-order valence-electron chi connectivity index (χ0n) is 25.3. The first-order chi connectivity index (χ1) is 18.0. The standard InChI is InChI=1S/C27H46O10S2.2Na/c1-16(2)6-5-7-17(15-36-38(30,31)32)19-10-11-20-18-8-9-22-24(29)25(37-39(33,34)35)23(28)14-27(22,4)21(18)12-13-26(19,20)3;;/h9,16-21,23-25,28-29H,5-8,10-15H2,1-4H3,(H,30,31,32)(H,33,34,35);;/q;2*+1/p-2/t17-,18?,19+,20?,21?,23+,24-,25+,26+,27+;;/m0../s1. The van der Waals surface area contributed by atoms with Crippen LogP contribution in [-0.2, 0) is 29.2 Å². The molecule has 41 heavy (non-hydrogen) atoms. The van der Waals surface area contributed by atoms with E-state index in [2.05, 4.69) is 25.0 Å². The summed E-state index contributed by atoms with van der Waals surface area (Å²) in [6, 6.07) is 0. The maximum absolute atomic E-state index is 11.3. The van der Waals surface area contributed by atoms with Gasteiger partial charge in [-0.3, -0.25) is 8.37 Å². The van der Waals surface area contributed by atoms with Gasteiger partial charge in [0.15, 0.2) is 0 Å². The van der Waals surface area contributed by atoms with Crippen molar-refractivity contribution < 1.29 is 104 Å². The minimum absolute atomic E-state index is 0. The molecule has 3 unspecified atom stereocenters. The summed E-state index contributed by atoms with van der Waals surface area (Å²) >= 11 is 0. The van der Waals surface area contributed by atoms with Crippen LogP contribution in [0.4, 0.5) is 0 Å². The zero-order chi connectivity index (χ0) is 29.0. The van der Waals surface area contributed by atoms with Gasteiger partial charge in [-0.05, 0) is 96.9 Å². The van der Waals surface area contributed by atoms with Crippen LogP contribution in [0.15, 0.2) is 11.6 Å². The Balaban J connectivity index is 0.00000294. The first-order valence-corrected chi connectivity index (χ1v) is 16.9. The van der Waals surface area contributed by atoms with Crippen molar-refractivity contribution in [3.8, 4) is 0 Å². The van der Waals surface area contributed by atoms with Crippen LogP contribution in [0.5, 0.6) is 0 Å². The minimum atomic E-state index is -5.10. The van der Waals surface area contributed by atoms with Gasteiger partial charge in [-0.25, -0.2) is 16.8 Å². The first-order valence-electron chi connectivity index (χ1n) is 14.3. The third-order valence-electron chi connectivity index (χ3n) is 10.8. The third kappa shape index (κ3) is 8.41. The Kier molecular flexibility index (Phi) is 13.6. The number of allylic oxidation sites excluding steroid dienone is 1. The van der Waals surface area contributed by atoms with Crippen molar-refractivity contribution in [2.75, 3.05) is 6.61 Å². The molecule has 0 radical (unpaired) electrons. The average Bonchev–Trinajstić information content (AvgIpc) is 3.14. The normalized spacial score (nSPS) is 39.4. The van der Waals surface area contributed by atoms with Gasteiger partial charge in [-0.2, -0.15) is 0 Å². The van der Waals surface area contributed by atoms with Gasteiger partial charge < -0.3 is 19.3 Å². The largest absolute Gasteiger partial charge is 1.00 e. The van der Waals surface area contributed by atoms with Crippen LogP contribution >= 0.6 is 0 Å². The van der Waals surface area contributed by atoms with Gasteiger partial charge in [0.1, 0.15) is 12.2 Å². The topological polar surface area (TPSA) is 173 Å². The fourth-order valence-corrected chi connectivity index (χ4v) is 10.1. The van der Waals surface area contributed by atoms with Gasteiger partial charge in [-0.15, -0.1) is 0 Å². The Morgan fingerprint density at radius 1 is 1.00 bits per heavy atom. The summed E-state index contributed by atoms with van der Waals surface area (Å²) in [6.07, 6.45) is 5.02. The predicted molar refractivity (Wildman–Crippen MR) is 140 cm³/mol. The van der Waals surface area contributed by atoms with E-state index in [0.29, 0.717) is 23.8 Å². The second-order valence-electron chi connectivity index (χ2n) is 13.4. The summed E-state index contributed by atoms with van der Waals surface area (Å²) in [7, 11) is -9.87. The summed E-state index contributed by atoms with van der Waals surface area (Å²) in [5, 5.41) is 21.8. The summed E-state index contributed by atoms with van der Waals surface area (Å²) in [5.74, 6) is 1.50. The second-order valence-corrected chi connectivity index (χ2v) is 15.4. The molecule has 14 heteroatoms. The molecule has 226 valence electrons. The molecular weight excluding hydrogens is 594 g/mol. The summed E-state index contributed by atoms with van der Waals surface area (Å²) < 4.78 is 77.0. The smallest absolute Gasteiger partial charge is 0.726 e. The summed E-state index contributed by atoms with van der Waals surface area (Å²) in [4.78, 5) is 0. The van der Waals surface area contributed by atoms with Gasteiger partial charge in [0.2, 0.25) is 20.8 Å². The van der Waals surface area contributed by atoms with E-state index >= 15 is 0 Å².